The number of hydrogen-bond acceptors (Lipinski definition) is 3. The van der Waals surface area contributed by atoms with Crippen LogP contribution in [0.1, 0.15) is 39.5 Å². The summed E-state index contributed by atoms with van der Waals surface area (Å²) in [7, 11) is 0. The number of anilines is 2. The number of unbranched alkanes of at least 4 members (excludes halogenated alkanes) is 3. The van der Waals surface area contributed by atoms with Crippen LogP contribution < -0.4 is 10.1 Å². The molecule has 1 heterocycles. The van der Waals surface area contributed by atoms with E-state index in [1.54, 1.807) is 0 Å². The maximum absolute atomic E-state index is 5.51. The van der Waals surface area contributed by atoms with E-state index >= 15 is 0 Å². The van der Waals surface area contributed by atoms with E-state index in [4.69, 9.17) is 9.72 Å². The third-order valence-corrected chi connectivity index (χ3v) is 4.31. The molecule has 0 radical (unpaired) electrons. The number of hydrogen-bond donors (Lipinski definition) is 1. The van der Waals surface area contributed by atoms with Crippen molar-refractivity contribution in [1.82, 2.24) is 9.55 Å². The minimum absolute atomic E-state index is 0.681. The summed E-state index contributed by atoms with van der Waals surface area (Å²) in [5, 5.41) is 3.47. The van der Waals surface area contributed by atoms with Gasteiger partial charge in [-0.1, -0.05) is 38.3 Å². The maximum Gasteiger partial charge on any atom is 0.208 e. The zero-order valence-electron chi connectivity index (χ0n) is 15.2. The van der Waals surface area contributed by atoms with Crippen molar-refractivity contribution >= 4 is 22.7 Å². The van der Waals surface area contributed by atoms with Crippen LogP contribution in [-0.4, -0.2) is 16.2 Å². The molecule has 0 aliphatic carbocycles. The number of nitrogens with zero attached hydrogens (tertiary/aromatic N) is 2. The van der Waals surface area contributed by atoms with Crippen LogP contribution in [0.25, 0.3) is 11.0 Å². The van der Waals surface area contributed by atoms with Gasteiger partial charge in [0.05, 0.1) is 17.6 Å². The van der Waals surface area contributed by atoms with Gasteiger partial charge < -0.3 is 14.6 Å². The second-order valence-electron chi connectivity index (χ2n) is 6.22. The van der Waals surface area contributed by atoms with Gasteiger partial charge in [0.1, 0.15) is 5.75 Å². The molecule has 0 bridgehead atoms. The third-order valence-electron chi connectivity index (χ3n) is 4.31. The average molecular weight is 337 g/mol. The van der Waals surface area contributed by atoms with Gasteiger partial charge >= 0.3 is 0 Å². The molecular weight excluding hydrogens is 310 g/mol. The molecule has 4 heteroatoms. The molecule has 0 spiro atoms. The first-order chi connectivity index (χ1) is 12.3. The third kappa shape index (κ3) is 4.32. The van der Waals surface area contributed by atoms with Crippen molar-refractivity contribution in [3.63, 3.8) is 0 Å². The Hall–Kier alpha value is -2.49. The van der Waals surface area contributed by atoms with Crippen LogP contribution in [-0.2, 0) is 6.54 Å². The Kier molecular flexibility index (Phi) is 5.94. The van der Waals surface area contributed by atoms with Gasteiger partial charge in [0.15, 0.2) is 0 Å². The highest BCUT2D eigenvalue weighted by Crippen LogP contribution is 2.25. The zero-order chi connectivity index (χ0) is 17.5. The summed E-state index contributed by atoms with van der Waals surface area (Å²) < 4.78 is 7.80. The molecular formula is C21H27N3O. The Labute approximate surface area is 149 Å². The molecule has 0 atom stereocenters. The number of aryl methyl sites for hydroxylation is 1. The van der Waals surface area contributed by atoms with Gasteiger partial charge in [-0.15, -0.1) is 0 Å². The number of fused-ring (bicyclic) bond motifs is 1. The summed E-state index contributed by atoms with van der Waals surface area (Å²) in [6.45, 7) is 5.90. The smallest absolute Gasteiger partial charge is 0.208 e. The monoisotopic (exact) mass is 337 g/mol. The summed E-state index contributed by atoms with van der Waals surface area (Å²) in [4.78, 5) is 4.79. The summed E-state index contributed by atoms with van der Waals surface area (Å²) in [5.41, 5.74) is 3.24. The lowest BCUT2D eigenvalue weighted by Crippen LogP contribution is -2.04. The second-order valence-corrected chi connectivity index (χ2v) is 6.22. The van der Waals surface area contributed by atoms with Gasteiger partial charge in [-0.3, -0.25) is 0 Å². The normalized spacial score (nSPS) is 11.0. The van der Waals surface area contributed by atoms with Gasteiger partial charge in [-0.25, -0.2) is 4.98 Å². The minimum Gasteiger partial charge on any atom is -0.494 e. The van der Waals surface area contributed by atoms with Crippen molar-refractivity contribution in [3.8, 4) is 5.75 Å². The Bertz CT molecular complexity index is 793. The quantitative estimate of drug-likeness (QED) is 0.505. The van der Waals surface area contributed by atoms with Crippen LogP contribution in [0.5, 0.6) is 5.75 Å². The summed E-state index contributed by atoms with van der Waals surface area (Å²) >= 11 is 0. The summed E-state index contributed by atoms with van der Waals surface area (Å²) in [6.07, 6.45) is 4.97. The van der Waals surface area contributed by atoms with Crippen molar-refractivity contribution < 1.29 is 4.74 Å². The van der Waals surface area contributed by atoms with Gasteiger partial charge in [-0.2, -0.15) is 0 Å². The topological polar surface area (TPSA) is 39.1 Å². The lowest BCUT2D eigenvalue weighted by atomic mass is 10.2. The molecule has 0 aliphatic rings. The predicted octanol–water partition coefficient (Wildman–Crippen LogP) is 5.76. The molecule has 2 aromatic carbocycles. The molecule has 0 unspecified atom stereocenters. The molecule has 0 saturated heterocycles. The number of benzene rings is 2. The molecule has 0 fully saturated rings. The van der Waals surface area contributed by atoms with Crippen LogP contribution in [0.15, 0.2) is 48.5 Å². The zero-order valence-corrected chi connectivity index (χ0v) is 15.2. The van der Waals surface area contributed by atoms with Crippen LogP contribution in [0.2, 0.25) is 0 Å². The molecule has 1 aromatic heterocycles. The summed E-state index contributed by atoms with van der Waals surface area (Å²) in [5.74, 6) is 1.79. The number of nitrogens with one attached hydrogen (secondary N) is 1. The Morgan fingerprint density at radius 2 is 1.76 bits per heavy atom. The molecule has 3 rings (SSSR count). The highest BCUT2D eigenvalue weighted by molar-refractivity contribution is 5.79. The van der Waals surface area contributed by atoms with E-state index < -0.39 is 0 Å². The van der Waals surface area contributed by atoms with E-state index in [2.05, 4.69) is 35.0 Å². The van der Waals surface area contributed by atoms with E-state index in [9.17, 15) is 0 Å². The first kappa shape index (κ1) is 17.3. The first-order valence-corrected chi connectivity index (χ1v) is 9.27. The molecule has 25 heavy (non-hydrogen) atoms. The van der Waals surface area contributed by atoms with Crippen molar-refractivity contribution in [1.29, 1.82) is 0 Å². The van der Waals surface area contributed by atoms with Crippen LogP contribution >= 0.6 is 0 Å². The second kappa shape index (κ2) is 8.56. The molecule has 0 amide bonds. The first-order valence-electron chi connectivity index (χ1n) is 9.27. The van der Waals surface area contributed by atoms with E-state index in [-0.39, 0.29) is 0 Å². The van der Waals surface area contributed by atoms with Crippen molar-refractivity contribution in [3.05, 3.63) is 48.5 Å². The maximum atomic E-state index is 5.51. The molecule has 0 aliphatic heterocycles. The SMILES string of the molecule is CCCCCCn1c(Nc2ccc(OCC)cc2)nc2ccccc21. The predicted molar refractivity (Wildman–Crippen MR) is 105 cm³/mol. The van der Waals surface area contributed by atoms with Crippen molar-refractivity contribution in [2.45, 2.75) is 46.1 Å². The van der Waals surface area contributed by atoms with E-state index in [0.29, 0.717) is 6.61 Å². The lowest BCUT2D eigenvalue weighted by Gasteiger charge is -2.11. The van der Waals surface area contributed by atoms with E-state index in [1.165, 1.54) is 31.2 Å². The standard InChI is InChI=1S/C21H27N3O/c1-3-5-6-9-16-24-20-11-8-7-10-19(20)23-21(24)22-17-12-14-18(15-13-17)25-4-2/h7-8,10-15H,3-6,9,16H2,1-2H3,(H,22,23). The molecule has 4 nitrogen and oxygen atoms in total. The minimum atomic E-state index is 0.681. The van der Waals surface area contributed by atoms with E-state index in [0.717, 1.165) is 29.4 Å². The summed E-state index contributed by atoms with van der Waals surface area (Å²) in [6, 6.07) is 16.4. The van der Waals surface area contributed by atoms with Crippen molar-refractivity contribution in [2.75, 3.05) is 11.9 Å². The Balaban J connectivity index is 1.81. The highest BCUT2D eigenvalue weighted by atomic mass is 16.5. The van der Waals surface area contributed by atoms with Crippen molar-refractivity contribution in [2.24, 2.45) is 0 Å². The van der Waals surface area contributed by atoms with E-state index in [1.807, 2.05) is 37.3 Å². The lowest BCUT2D eigenvalue weighted by molar-refractivity contribution is 0.340. The number of ether oxygens (including phenoxy) is 1. The fourth-order valence-electron chi connectivity index (χ4n) is 3.02. The average Bonchev–Trinajstić information content (AvgIpc) is 2.98. The van der Waals surface area contributed by atoms with Gasteiger partial charge in [0, 0.05) is 12.2 Å². The Morgan fingerprint density at radius 3 is 2.52 bits per heavy atom. The largest absolute Gasteiger partial charge is 0.494 e. The Morgan fingerprint density at radius 1 is 0.960 bits per heavy atom. The molecule has 3 aromatic rings. The number of rotatable bonds is 9. The number of para-hydroxylation sites is 2. The number of aromatic nitrogens is 2. The van der Waals surface area contributed by atoms with Crippen LogP contribution in [0.3, 0.4) is 0 Å². The number of imidazole rings is 1. The fraction of sp³-hybridized carbons (Fsp3) is 0.381. The fourth-order valence-corrected chi connectivity index (χ4v) is 3.02. The van der Waals surface area contributed by atoms with Gasteiger partial charge in [-0.05, 0) is 49.7 Å². The van der Waals surface area contributed by atoms with Gasteiger partial charge in [0.2, 0.25) is 5.95 Å². The van der Waals surface area contributed by atoms with Gasteiger partial charge in [0.25, 0.3) is 0 Å². The van der Waals surface area contributed by atoms with Crippen LogP contribution in [0.4, 0.5) is 11.6 Å². The molecule has 1 N–H and O–H groups in total. The molecule has 132 valence electrons. The highest BCUT2D eigenvalue weighted by Gasteiger charge is 2.10. The molecule has 0 saturated carbocycles. The van der Waals surface area contributed by atoms with Crippen LogP contribution in [0, 0.1) is 0 Å².